The molecular formula is C14H10BrFO4S. The maximum atomic E-state index is 13.4. The smallest absolute Gasteiger partial charge is 0.335 e. The Balaban J connectivity index is 2.41. The molecule has 0 heterocycles. The van der Waals surface area contributed by atoms with Crippen LogP contribution in [0.1, 0.15) is 15.9 Å². The number of carboxylic acids is 1. The van der Waals surface area contributed by atoms with Crippen molar-refractivity contribution in [2.45, 2.75) is 10.6 Å². The van der Waals surface area contributed by atoms with Crippen LogP contribution in [0.25, 0.3) is 0 Å². The summed E-state index contributed by atoms with van der Waals surface area (Å²) in [5.41, 5.74) is 0.158. The van der Waals surface area contributed by atoms with Crippen molar-refractivity contribution in [3.63, 3.8) is 0 Å². The van der Waals surface area contributed by atoms with Crippen molar-refractivity contribution >= 4 is 31.7 Å². The van der Waals surface area contributed by atoms with E-state index in [1.54, 1.807) is 0 Å². The SMILES string of the molecule is O=C(O)c1cccc(S(=O)(=O)Cc2cccc(F)c2Br)c1. The normalized spacial score (nSPS) is 11.3. The zero-order valence-electron chi connectivity index (χ0n) is 10.6. The number of aromatic carboxylic acids is 1. The number of halogens is 2. The van der Waals surface area contributed by atoms with Gasteiger partial charge in [0.2, 0.25) is 0 Å². The Bertz CT molecular complexity index is 802. The highest BCUT2D eigenvalue weighted by atomic mass is 79.9. The lowest BCUT2D eigenvalue weighted by atomic mass is 10.2. The first-order valence-corrected chi connectivity index (χ1v) is 8.25. The number of benzene rings is 2. The number of sulfone groups is 1. The van der Waals surface area contributed by atoms with E-state index in [2.05, 4.69) is 15.9 Å². The summed E-state index contributed by atoms with van der Waals surface area (Å²) in [6.45, 7) is 0. The third kappa shape index (κ3) is 3.48. The molecule has 0 bridgehead atoms. The first-order valence-electron chi connectivity index (χ1n) is 5.80. The molecule has 0 atom stereocenters. The summed E-state index contributed by atoms with van der Waals surface area (Å²) in [4.78, 5) is 10.8. The Morgan fingerprint density at radius 3 is 2.52 bits per heavy atom. The lowest BCUT2D eigenvalue weighted by Gasteiger charge is -2.08. The molecule has 0 unspecified atom stereocenters. The molecule has 4 nitrogen and oxygen atoms in total. The van der Waals surface area contributed by atoms with Gasteiger partial charge in [-0.3, -0.25) is 0 Å². The molecule has 0 aliphatic heterocycles. The molecule has 0 aromatic heterocycles. The van der Waals surface area contributed by atoms with Crippen LogP contribution in [0.5, 0.6) is 0 Å². The van der Waals surface area contributed by atoms with E-state index in [1.807, 2.05) is 0 Å². The zero-order chi connectivity index (χ0) is 15.6. The maximum Gasteiger partial charge on any atom is 0.335 e. The molecular weight excluding hydrogens is 363 g/mol. The van der Waals surface area contributed by atoms with Crippen LogP contribution in [0.3, 0.4) is 0 Å². The van der Waals surface area contributed by atoms with E-state index in [1.165, 1.54) is 36.4 Å². The van der Waals surface area contributed by atoms with Crippen LogP contribution in [-0.2, 0) is 15.6 Å². The quantitative estimate of drug-likeness (QED) is 0.893. The van der Waals surface area contributed by atoms with E-state index in [9.17, 15) is 17.6 Å². The average Bonchev–Trinajstić information content (AvgIpc) is 2.44. The Labute approximate surface area is 129 Å². The second kappa shape index (κ2) is 5.95. The first-order chi connectivity index (χ1) is 9.81. The molecule has 0 saturated carbocycles. The Hall–Kier alpha value is -1.73. The summed E-state index contributed by atoms with van der Waals surface area (Å²) in [5.74, 6) is -2.19. The van der Waals surface area contributed by atoms with Crippen molar-refractivity contribution in [3.8, 4) is 0 Å². The van der Waals surface area contributed by atoms with E-state index in [0.29, 0.717) is 0 Å². The van der Waals surface area contributed by atoms with E-state index < -0.39 is 27.4 Å². The summed E-state index contributed by atoms with van der Waals surface area (Å²) in [7, 11) is -3.77. The minimum absolute atomic E-state index is 0.0861. The largest absolute Gasteiger partial charge is 0.478 e. The molecule has 0 aliphatic rings. The molecule has 2 aromatic rings. The zero-order valence-corrected chi connectivity index (χ0v) is 13.0. The van der Waals surface area contributed by atoms with Crippen LogP contribution < -0.4 is 0 Å². The van der Waals surface area contributed by atoms with Crippen molar-refractivity contribution in [1.29, 1.82) is 0 Å². The molecule has 0 spiro atoms. The van der Waals surface area contributed by atoms with Gasteiger partial charge in [-0.15, -0.1) is 0 Å². The number of carboxylic acid groups (broad SMARTS) is 1. The third-order valence-electron chi connectivity index (χ3n) is 2.82. The number of hydrogen-bond acceptors (Lipinski definition) is 3. The molecule has 0 aliphatic carbocycles. The fourth-order valence-corrected chi connectivity index (χ4v) is 3.77. The average molecular weight is 373 g/mol. The van der Waals surface area contributed by atoms with Gasteiger partial charge in [0.25, 0.3) is 0 Å². The van der Waals surface area contributed by atoms with E-state index in [-0.39, 0.29) is 20.5 Å². The van der Waals surface area contributed by atoms with Crippen LogP contribution in [-0.4, -0.2) is 19.5 Å². The lowest BCUT2D eigenvalue weighted by Crippen LogP contribution is -2.07. The Kier molecular flexibility index (Phi) is 4.43. The van der Waals surface area contributed by atoms with E-state index >= 15 is 0 Å². The Morgan fingerprint density at radius 1 is 1.19 bits per heavy atom. The number of rotatable bonds is 4. The van der Waals surface area contributed by atoms with Gasteiger partial charge in [0.15, 0.2) is 9.84 Å². The predicted octanol–water partition coefficient (Wildman–Crippen LogP) is 3.26. The van der Waals surface area contributed by atoms with Gasteiger partial charge < -0.3 is 5.11 Å². The lowest BCUT2D eigenvalue weighted by molar-refractivity contribution is 0.0696. The van der Waals surface area contributed by atoms with Gasteiger partial charge in [-0.05, 0) is 45.8 Å². The topological polar surface area (TPSA) is 71.4 Å². The molecule has 0 saturated heterocycles. The van der Waals surface area contributed by atoms with Crippen molar-refractivity contribution < 1.29 is 22.7 Å². The van der Waals surface area contributed by atoms with Crippen LogP contribution >= 0.6 is 15.9 Å². The fourth-order valence-electron chi connectivity index (χ4n) is 1.77. The molecule has 1 N–H and O–H groups in total. The number of hydrogen-bond donors (Lipinski definition) is 1. The van der Waals surface area contributed by atoms with Gasteiger partial charge in [0.1, 0.15) is 5.82 Å². The van der Waals surface area contributed by atoms with Crippen LogP contribution in [0.4, 0.5) is 4.39 Å². The van der Waals surface area contributed by atoms with Crippen molar-refractivity contribution in [1.82, 2.24) is 0 Å². The summed E-state index contributed by atoms with van der Waals surface area (Å²) >= 11 is 3.01. The summed E-state index contributed by atoms with van der Waals surface area (Å²) < 4.78 is 38.1. The molecule has 0 radical (unpaired) electrons. The number of carbonyl (C=O) groups is 1. The van der Waals surface area contributed by atoms with Crippen LogP contribution in [0, 0.1) is 5.82 Å². The molecule has 110 valence electrons. The minimum Gasteiger partial charge on any atom is -0.478 e. The minimum atomic E-state index is -3.77. The van der Waals surface area contributed by atoms with Crippen molar-refractivity contribution in [3.05, 3.63) is 63.9 Å². The van der Waals surface area contributed by atoms with Gasteiger partial charge in [0.05, 0.1) is 20.7 Å². The van der Waals surface area contributed by atoms with Gasteiger partial charge in [0, 0.05) is 0 Å². The predicted molar refractivity (Wildman–Crippen MR) is 78.4 cm³/mol. The highest BCUT2D eigenvalue weighted by Crippen LogP contribution is 2.25. The standard InChI is InChI=1S/C14H10BrFO4S/c15-13-10(4-2-6-12(13)16)8-21(19,20)11-5-1-3-9(7-11)14(17)18/h1-7H,8H2,(H,17,18). The molecule has 0 fully saturated rings. The van der Waals surface area contributed by atoms with Crippen molar-refractivity contribution in [2.24, 2.45) is 0 Å². The second-order valence-corrected chi connectivity index (χ2v) is 7.09. The fraction of sp³-hybridized carbons (Fsp3) is 0.0714. The Morgan fingerprint density at radius 2 is 1.86 bits per heavy atom. The van der Waals surface area contributed by atoms with Crippen molar-refractivity contribution in [2.75, 3.05) is 0 Å². The summed E-state index contributed by atoms with van der Waals surface area (Å²) in [5, 5.41) is 8.89. The third-order valence-corrected chi connectivity index (χ3v) is 5.37. The van der Waals surface area contributed by atoms with Gasteiger partial charge >= 0.3 is 5.97 Å². The monoisotopic (exact) mass is 372 g/mol. The maximum absolute atomic E-state index is 13.4. The first kappa shape index (κ1) is 15.7. The summed E-state index contributed by atoms with van der Waals surface area (Å²) in [6, 6.07) is 9.19. The molecule has 2 aromatic carbocycles. The van der Waals surface area contributed by atoms with Crippen LogP contribution in [0.2, 0.25) is 0 Å². The van der Waals surface area contributed by atoms with Gasteiger partial charge in [-0.2, -0.15) is 0 Å². The van der Waals surface area contributed by atoms with Crippen LogP contribution in [0.15, 0.2) is 51.8 Å². The van der Waals surface area contributed by atoms with Gasteiger partial charge in [-0.25, -0.2) is 17.6 Å². The highest BCUT2D eigenvalue weighted by molar-refractivity contribution is 9.10. The molecule has 7 heteroatoms. The molecule has 0 amide bonds. The van der Waals surface area contributed by atoms with E-state index in [4.69, 9.17) is 5.11 Å². The summed E-state index contributed by atoms with van der Waals surface area (Å²) in [6.07, 6.45) is 0. The second-order valence-electron chi connectivity index (χ2n) is 4.31. The van der Waals surface area contributed by atoms with E-state index in [0.717, 1.165) is 6.07 Å². The van der Waals surface area contributed by atoms with Gasteiger partial charge in [-0.1, -0.05) is 18.2 Å². The molecule has 21 heavy (non-hydrogen) atoms. The highest BCUT2D eigenvalue weighted by Gasteiger charge is 2.19. The molecule has 2 rings (SSSR count).